The van der Waals surface area contributed by atoms with Gasteiger partial charge in [-0.15, -0.1) is 0 Å². The van der Waals surface area contributed by atoms with E-state index in [2.05, 4.69) is 5.32 Å². The van der Waals surface area contributed by atoms with Crippen LogP contribution in [0.1, 0.15) is 11.1 Å². The zero-order chi connectivity index (χ0) is 18.0. The van der Waals surface area contributed by atoms with E-state index in [0.29, 0.717) is 10.7 Å². The molecule has 1 fully saturated rings. The summed E-state index contributed by atoms with van der Waals surface area (Å²) in [6.45, 7) is 1.90. The van der Waals surface area contributed by atoms with Crippen LogP contribution in [-0.2, 0) is 4.79 Å². The molecule has 2 aromatic carbocycles. The largest absolute Gasteiger partial charge is 0.367 e. The fourth-order valence-corrected chi connectivity index (χ4v) is 3.25. The van der Waals surface area contributed by atoms with E-state index in [1.54, 1.807) is 24.3 Å². The number of nitrogens with zero attached hydrogens (tertiary/aromatic N) is 1. The van der Waals surface area contributed by atoms with E-state index in [4.69, 9.17) is 11.6 Å². The second-order valence-corrected chi connectivity index (χ2v) is 6.83. The summed E-state index contributed by atoms with van der Waals surface area (Å²) in [6.07, 6.45) is 1.39. The van der Waals surface area contributed by atoms with Gasteiger partial charge in [-0.2, -0.15) is 0 Å². The van der Waals surface area contributed by atoms with Crippen LogP contribution in [0, 0.1) is 12.7 Å². The fraction of sp³-hybridized carbons (Fsp3) is 0.111. The van der Waals surface area contributed by atoms with Gasteiger partial charge in [0.25, 0.3) is 11.1 Å². The lowest BCUT2D eigenvalue weighted by Crippen LogP contribution is -2.33. The third kappa shape index (κ3) is 3.86. The number of nitrogens with one attached hydrogen (secondary N) is 1. The van der Waals surface area contributed by atoms with Crippen molar-refractivity contribution >= 4 is 46.3 Å². The Morgan fingerprint density at radius 1 is 1.24 bits per heavy atom. The molecule has 1 saturated heterocycles. The molecule has 1 N–H and O–H groups in total. The molecule has 7 heteroatoms. The Morgan fingerprint density at radius 3 is 2.72 bits per heavy atom. The SMILES string of the molecule is Cc1ccc(NCN2C(=O)SC(=Cc3ccccc3F)C2=O)cc1Cl. The quantitative estimate of drug-likeness (QED) is 0.771. The Kier molecular flexibility index (Phi) is 5.11. The molecule has 2 amide bonds. The lowest BCUT2D eigenvalue weighted by Gasteiger charge is -2.15. The maximum Gasteiger partial charge on any atom is 0.295 e. The first-order valence-electron chi connectivity index (χ1n) is 7.45. The lowest BCUT2D eigenvalue weighted by atomic mass is 10.2. The minimum atomic E-state index is -0.455. The van der Waals surface area contributed by atoms with Crippen LogP contribution >= 0.6 is 23.4 Å². The van der Waals surface area contributed by atoms with Gasteiger partial charge in [0, 0.05) is 16.3 Å². The molecule has 0 aliphatic carbocycles. The minimum Gasteiger partial charge on any atom is -0.367 e. The molecule has 0 unspecified atom stereocenters. The summed E-state index contributed by atoms with van der Waals surface area (Å²) in [4.78, 5) is 25.7. The van der Waals surface area contributed by atoms with E-state index >= 15 is 0 Å². The number of thioether (sulfide) groups is 1. The zero-order valence-corrected chi connectivity index (χ0v) is 14.8. The number of anilines is 1. The van der Waals surface area contributed by atoms with Crippen LogP contribution in [0.2, 0.25) is 5.02 Å². The predicted molar refractivity (Wildman–Crippen MR) is 98.9 cm³/mol. The Bertz CT molecular complexity index is 885. The third-order valence-corrected chi connectivity index (χ3v) is 4.99. The van der Waals surface area contributed by atoms with Crippen molar-refractivity contribution in [3.8, 4) is 0 Å². The van der Waals surface area contributed by atoms with Crippen molar-refractivity contribution in [3.63, 3.8) is 0 Å². The van der Waals surface area contributed by atoms with E-state index in [1.165, 1.54) is 12.1 Å². The average molecular weight is 377 g/mol. The molecule has 0 aromatic heterocycles. The molecular weight excluding hydrogens is 363 g/mol. The monoisotopic (exact) mass is 376 g/mol. The van der Waals surface area contributed by atoms with E-state index < -0.39 is 17.0 Å². The van der Waals surface area contributed by atoms with Gasteiger partial charge < -0.3 is 5.32 Å². The molecule has 3 rings (SSSR count). The summed E-state index contributed by atoms with van der Waals surface area (Å²) >= 11 is 6.85. The molecule has 4 nitrogen and oxygen atoms in total. The minimum absolute atomic E-state index is 0.0126. The maximum absolute atomic E-state index is 13.7. The molecule has 0 saturated carbocycles. The van der Waals surface area contributed by atoms with E-state index in [-0.39, 0.29) is 17.1 Å². The molecule has 0 bridgehead atoms. The number of carbonyl (C=O) groups excluding carboxylic acids is 2. The second-order valence-electron chi connectivity index (χ2n) is 5.43. The number of rotatable bonds is 4. The van der Waals surface area contributed by atoms with Gasteiger partial charge >= 0.3 is 0 Å². The average Bonchev–Trinajstić information content (AvgIpc) is 2.85. The van der Waals surface area contributed by atoms with Crippen LogP contribution < -0.4 is 5.32 Å². The highest BCUT2D eigenvalue weighted by atomic mass is 35.5. The fourth-order valence-electron chi connectivity index (χ4n) is 2.24. The number of carbonyl (C=O) groups is 2. The summed E-state index contributed by atoms with van der Waals surface area (Å²) in [5, 5.41) is 3.19. The normalized spacial score (nSPS) is 16.0. The summed E-state index contributed by atoms with van der Waals surface area (Å²) in [5.74, 6) is -0.898. The van der Waals surface area contributed by atoms with Crippen molar-refractivity contribution < 1.29 is 14.0 Å². The highest BCUT2D eigenvalue weighted by Gasteiger charge is 2.34. The predicted octanol–water partition coefficient (Wildman–Crippen LogP) is 4.89. The molecule has 0 radical (unpaired) electrons. The Balaban J connectivity index is 1.73. The maximum atomic E-state index is 13.7. The third-order valence-electron chi connectivity index (χ3n) is 3.68. The highest BCUT2D eigenvalue weighted by Crippen LogP contribution is 2.32. The van der Waals surface area contributed by atoms with Crippen molar-refractivity contribution in [2.75, 3.05) is 12.0 Å². The van der Waals surface area contributed by atoms with Crippen LogP contribution in [0.4, 0.5) is 14.9 Å². The van der Waals surface area contributed by atoms with Crippen LogP contribution in [-0.4, -0.2) is 22.7 Å². The molecule has 1 heterocycles. The molecule has 128 valence electrons. The molecule has 0 spiro atoms. The molecule has 25 heavy (non-hydrogen) atoms. The molecular formula is C18H14ClFN2O2S. The van der Waals surface area contributed by atoms with Crippen LogP contribution in [0.25, 0.3) is 6.08 Å². The summed E-state index contributed by atoms with van der Waals surface area (Å²) in [6, 6.07) is 11.5. The van der Waals surface area contributed by atoms with Gasteiger partial charge in [0.15, 0.2) is 0 Å². The van der Waals surface area contributed by atoms with Crippen LogP contribution in [0.3, 0.4) is 0 Å². The molecule has 1 aliphatic rings. The number of hydrogen-bond acceptors (Lipinski definition) is 4. The van der Waals surface area contributed by atoms with Gasteiger partial charge in [0.2, 0.25) is 0 Å². The van der Waals surface area contributed by atoms with Crippen LogP contribution in [0.5, 0.6) is 0 Å². The van der Waals surface area contributed by atoms with Gasteiger partial charge in [-0.25, -0.2) is 4.39 Å². The first kappa shape index (κ1) is 17.5. The Morgan fingerprint density at radius 2 is 2.00 bits per heavy atom. The van der Waals surface area contributed by atoms with Gasteiger partial charge in [0.1, 0.15) is 5.82 Å². The number of halogens is 2. The molecule has 0 atom stereocenters. The van der Waals surface area contributed by atoms with Crippen LogP contribution in [0.15, 0.2) is 47.4 Å². The summed E-state index contributed by atoms with van der Waals surface area (Å²) < 4.78 is 13.7. The van der Waals surface area contributed by atoms with Gasteiger partial charge in [-0.05, 0) is 48.5 Å². The number of benzene rings is 2. The Hall–Kier alpha value is -2.31. The van der Waals surface area contributed by atoms with Gasteiger partial charge in [-0.1, -0.05) is 35.9 Å². The standard InChI is InChI=1S/C18H14ClFN2O2S/c1-11-6-7-13(9-14(11)19)21-10-22-17(23)16(25-18(22)24)8-12-4-2-3-5-15(12)20/h2-9,21H,10H2,1H3. The number of imide groups is 1. The van der Waals surface area contributed by atoms with Gasteiger partial charge in [0.05, 0.1) is 11.6 Å². The van der Waals surface area contributed by atoms with E-state index in [9.17, 15) is 14.0 Å². The Labute approximate surface area is 153 Å². The lowest BCUT2D eigenvalue weighted by molar-refractivity contribution is -0.122. The zero-order valence-electron chi connectivity index (χ0n) is 13.3. The summed E-state index contributed by atoms with van der Waals surface area (Å²) in [7, 11) is 0. The highest BCUT2D eigenvalue weighted by molar-refractivity contribution is 8.18. The van der Waals surface area contributed by atoms with Crippen molar-refractivity contribution in [1.29, 1.82) is 0 Å². The van der Waals surface area contributed by atoms with Crippen molar-refractivity contribution in [3.05, 3.63) is 69.3 Å². The van der Waals surface area contributed by atoms with Crippen molar-refractivity contribution in [1.82, 2.24) is 4.90 Å². The van der Waals surface area contributed by atoms with E-state index in [0.717, 1.165) is 22.2 Å². The molecule has 1 aliphatic heterocycles. The number of aryl methyl sites for hydroxylation is 1. The van der Waals surface area contributed by atoms with Gasteiger partial charge in [-0.3, -0.25) is 14.5 Å². The second kappa shape index (κ2) is 7.29. The van der Waals surface area contributed by atoms with Crippen molar-refractivity contribution in [2.45, 2.75) is 6.92 Å². The summed E-state index contributed by atoms with van der Waals surface area (Å²) in [5.41, 5.74) is 1.91. The first-order chi connectivity index (χ1) is 12.0. The van der Waals surface area contributed by atoms with E-state index in [1.807, 2.05) is 19.1 Å². The first-order valence-corrected chi connectivity index (χ1v) is 8.65. The smallest absolute Gasteiger partial charge is 0.295 e. The number of amides is 2. The topological polar surface area (TPSA) is 49.4 Å². The molecule has 2 aromatic rings. The number of hydrogen-bond donors (Lipinski definition) is 1. The van der Waals surface area contributed by atoms with Crippen molar-refractivity contribution in [2.24, 2.45) is 0 Å².